The fourth-order valence-corrected chi connectivity index (χ4v) is 4.10. The molecule has 0 aliphatic carbocycles. The van der Waals surface area contributed by atoms with Crippen LogP contribution in [0.2, 0.25) is 0 Å². The van der Waals surface area contributed by atoms with Gasteiger partial charge in [0.05, 0.1) is 18.7 Å². The van der Waals surface area contributed by atoms with Crippen molar-refractivity contribution in [3.05, 3.63) is 48.9 Å². The minimum Gasteiger partial charge on any atom is -0.493 e. The van der Waals surface area contributed by atoms with Crippen LogP contribution in [0.4, 0.5) is 14.6 Å². The van der Waals surface area contributed by atoms with E-state index in [2.05, 4.69) is 25.4 Å². The maximum absolute atomic E-state index is 13.1. The van der Waals surface area contributed by atoms with E-state index >= 15 is 0 Å². The number of aromatic nitrogens is 5. The van der Waals surface area contributed by atoms with Crippen molar-refractivity contribution in [1.82, 2.24) is 29.6 Å². The molecule has 4 aromatic rings. The van der Waals surface area contributed by atoms with Gasteiger partial charge in [-0.15, -0.1) is 0 Å². The van der Waals surface area contributed by atoms with Crippen LogP contribution >= 0.6 is 0 Å². The van der Waals surface area contributed by atoms with E-state index < -0.39 is 13.0 Å². The Morgan fingerprint density at radius 2 is 2.03 bits per heavy atom. The second kappa shape index (κ2) is 9.34. The fourth-order valence-electron chi connectivity index (χ4n) is 4.10. The second-order valence-corrected chi connectivity index (χ2v) is 8.27. The molecule has 1 aromatic carbocycles. The first-order valence-corrected chi connectivity index (χ1v) is 11.1. The van der Waals surface area contributed by atoms with Crippen molar-refractivity contribution in [2.45, 2.75) is 25.4 Å². The van der Waals surface area contributed by atoms with Crippen LogP contribution < -0.4 is 10.1 Å². The number of carbonyl (C=O) groups is 1. The zero-order valence-corrected chi connectivity index (χ0v) is 19.2. The van der Waals surface area contributed by atoms with E-state index in [9.17, 15) is 13.6 Å². The maximum atomic E-state index is 13.1. The zero-order valence-electron chi connectivity index (χ0n) is 19.2. The van der Waals surface area contributed by atoms with Gasteiger partial charge >= 0.3 is 0 Å². The Bertz CT molecular complexity index is 1380. The number of alkyl halides is 2. The van der Waals surface area contributed by atoms with Crippen LogP contribution in [-0.4, -0.2) is 68.7 Å². The van der Waals surface area contributed by atoms with Gasteiger partial charge < -0.3 is 10.1 Å². The number of methoxy groups -OCH3 is 1. The molecule has 1 N–H and O–H groups in total. The van der Waals surface area contributed by atoms with E-state index in [1.165, 1.54) is 24.3 Å². The van der Waals surface area contributed by atoms with E-state index in [-0.39, 0.29) is 17.8 Å². The van der Waals surface area contributed by atoms with E-state index in [0.29, 0.717) is 33.7 Å². The fraction of sp³-hybridized carbons (Fsp3) is 0.292. The summed E-state index contributed by atoms with van der Waals surface area (Å²) in [6.45, 7) is 0.295. The number of hydrogen-bond acceptors (Lipinski definition) is 7. The highest BCUT2D eigenvalue weighted by Gasteiger charge is 2.32. The molecule has 0 saturated carbocycles. The number of fused-ring (bicyclic) bond motifs is 1. The number of halogens is 2. The molecule has 1 aliphatic rings. The number of amides is 1. The van der Waals surface area contributed by atoms with Crippen LogP contribution in [0.5, 0.6) is 5.75 Å². The van der Waals surface area contributed by atoms with Crippen molar-refractivity contribution in [2.24, 2.45) is 0 Å². The van der Waals surface area contributed by atoms with Gasteiger partial charge in [-0.3, -0.25) is 14.4 Å². The van der Waals surface area contributed by atoms with Crippen molar-refractivity contribution in [3.63, 3.8) is 0 Å². The zero-order chi connectivity index (χ0) is 24.5. The Balaban J connectivity index is 1.64. The van der Waals surface area contributed by atoms with Gasteiger partial charge in [-0.05, 0) is 13.5 Å². The number of hydrogen-bond donors (Lipinski definition) is 1. The van der Waals surface area contributed by atoms with Gasteiger partial charge in [0.2, 0.25) is 5.91 Å². The van der Waals surface area contributed by atoms with Gasteiger partial charge in [-0.25, -0.2) is 23.7 Å². The molecule has 4 heterocycles. The summed E-state index contributed by atoms with van der Waals surface area (Å²) in [7, 11) is 3.37. The maximum Gasteiger partial charge on any atom is 0.257 e. The topological polar surface area (TPSA) is 98.1 Å². The Kier molecular flexibility index (Phi) is 6.08. The van der Waals surface area contributed by atoms with Crippen LogP contribution in [0.1, 0.15) is 6.42 Å². The Hall–Kier alpha value is -3.99. The van der Waals surface area contributed by atoms with Gasteiger partial charge in [0.25, 0.3) is 6.43 Å². The number of pyridine rings is 1. The standard InChI is InChI=1S/C24H23F2N7O2/c1-32-9-8-17(32)24(34)30-23-18(35-2)10-16-22(29-23)21(28-13-27-16)15-11-33(12-19(25)26)31-20(15)14-6-4-3-5-7-14/h3-7,10-11,13,17,19H,8-9,12H2,1-2H3,(H,29,30,34). The summed E-state index contributed by atoms with van der Waals surface area (Å²) >= 11 is 0. The highest BCUT2D eigenvalue weighted by Crippen LogP contribution is 2.35. The average molecular weight is 479 g/mol. The molecule has 1 saturated heterocycles. The van der Waals surface area contributed by atoms with Crippen LogP contribution in [-0.2, 0) is 11.3 Å². The van der Waals surface area contributed by atoms with Crippen molar-refractivity contribution in [1.29, 1.82) is 0 Å². The summed E-state index contributed by atoms with van der Waals surface area (Å²) in [4.78, 5) is 28.1. The van der Waals surface area contributed by atoms with E-state index in [0.717, 1.165) is 18.5 Å². The SMILES string of the molecule is COc1cc2ncnc(-c3cn(CC(F)F)nc3-c3ccccc3)c2nc1NC(=O)C1CCN1C. The Morgan fingerprint density at radius 1 is 1.23 bits per heavy atom. The lowest BCUT2D eigenvalue weighted by atomic mass is 10.0. The first-order chi connectivity index (χ1) is 16.9. The van der Waals surface area contributed by atoms with Crippen molar-refractivity contribution >= 4 is 22.8 Å². The number of ether oxygens (including phenoxy) is 1. The molecule has 0 spiro atoms. The average Bonchev–Trinajstić information content (AvgIpc) is 3.25. The lowest BCUT2D eigenvalue weighted by Crippen LogP contribution is -2.51. The van der Waals surface area contributed by atoms with Gasteiger partial charge in [0.15, 0.2) is 11.6 Å². The molecule has 1 amide bonds. The summed E-state index contributed by atoms with van der Waals surface area (Å²) in [5.74, 6) is 0.411. The molecule has 1 fully saturated rings. The van der Waals surface area contributed by atoms with Crippen molar-refractivity contribution in [3.8, 4) is 28.3 Å². The van der Waals surface area contributed by atoms with E-state index in [1.807, 2.05) is 42.3 Å². The molecule has 11 heteroatoms. The lowest BCUT2D eigenvalue weighted by Gasteiger charge is -2.36. The van der Waals surface area contributed by atoms with Crippen LogP contribution in [0.15, 0.2) is 48.9 Å². The van der Waals surface area contributed by atoms with E-state index in [4.69, 9.17) is 4.74 Å². The van der Waals surface area contributed by atoms with Gasteiger partial charge in [0, 0.05) is 29.9 Å². The first kappa shape index (κ1) is 22.8. The number of nitrogens with zero attached hydrogens (tertiary/aromatic N) is 6. The molecule has 3 aromatic heterocycles. The highest BCUT2D eigenvalue weighted by atomic mass is 19.3. The molecule has 0 bridgehead atoms. The number of likely N-dealkylation sites (N-methyl/N-ethyl adjacent to an activating group) is 1. The monoisotopic (exact) mass is 479 g/mol. The number of nitrogens with one attached hydrogen (secondary N) is 1. The third-order valence-electron chi connectivity index (χ3n) is 6.02. The quantitative estimate of drug-likeness (QED) is 0.433. The summed E-state index contributed by atoms with van der Waals surface area (Å²) in [5, 5.41) is 7.26. The summed E-state index contributed by atoms with van der Waals surface area (Å²) in [5.41, 5.74) is 3.04. The third-order valence-corrected chi connectivity index (χ3v) is 6.02. The molecule has 180 valence electrons. The van der Waals surface area contributed by atoms with Crippen LogP contribution in [0, 0.1) is 0 Å². The van der Waals surface area contributed by atoms with Gasteiger partial charge in [-0.2, -0.15) is 5.10 Å². The molecule has 35 heavy (non-hydrogen) atoms. The molecule has 0 radical (unpaired) electrons. The summed E-state index contributed by atoms with van der Waals surface area (Å²) in [6, 6.07) is 10.7. The minimum atomic E-state index is -2.57. The second-order valence-electron chi connectivity index (χ2n) is 8.27. The predicted molar refractivity (Wildman–Crippen MR) is 126 cm³/mol. The molecule has 9 nitrogen and oxygen atoms in total. The smallest absolute Gasteiger partial charge is 0.257 e. The third kappa shape index (κ3) is 4.42. The lowest BCUT2D eigenvalue weighted by molar-refractivity contribution is -0.124. The van der Waals surface area contributed by atoms with Gasteiger partial charge in [-0.1, -0.05) is 30.3 Å². The number of rotatable bonds is 7. The molecule has 1 atom stereocenters. The molecule has 1 aliphatic heterocycles. The molecule has 5 rings (SSSR count). The minimum absolute atomic E-state index is 0.183. The Morgan fingerprint density at radius 3 is 2.69 bits per heavy atom. The highest BCUT2D eigenvalue weighted by molar-refractivity contribution is 5.99. The predicted octanol–water partition coefficient (Wildman–Crippen LogP) is 3.47. The van der Waals surface area contributed by atoms with Gasteiger partial charge in [0.1, 0.15) is 29.8 Å². The van der Waals surface area contributed by atoms with E-state index in [1.54, 1.807) is 6.07 Å². The van der Waals surface area contributed by atoms with Crippen LogP contribution in [0.3, 0.4) is 0 Å². The van der Waals surface area contributed by atoms with Crippen molar-refractivity contribution < 1.29 is 18.3 Å². The number of carbonyl (C=O) groups excluding carboxylic acids is 1. The Labute approximate surface area is 199 Å². The normalized spacial score (nSPS) is 15.9. The first-order valence-electron chi connectivity index (χ1n) is 11.1. The molecular weight excluding hydrogens is 456 g/mol. The largest absolute Gasteiger partial charge is 0.493 e. The van der Waals surface area contributed by atoms with Crippen LogP contribution in [0.25, 0.3) is 33.5 Å². The summed E-state index contributed by atoms with van der Waals surface area (Å²) < 4.78 is 32.9. The number of likely N-dealkylation sites (tertiary alicyclic amines) is 1. The molecular formula is C24H23F2N7O2. The van der Waals surface area contributed by atoms with Crippen molar-refractivity contribution in [2.75, 3.05) is 26.0 Å². The molecule has 1 unspecified atom stereocenters. The summed E-state index contributed by atoms with van der Waals surface area (Å²) in [6.07, 6.45) is 1.10. The number of anilines is 1. The number of benzene rings is 1.